The van der Waals surface area contributed by atoms with Crippen molar-refractivity contribution in [3.8, 4) is 0 Å². The van der Waals surface area contributed by atoms with E-state index in [9.17, 15) is 14.7 Å². The molecule has 1 aliphatic rings. The zero-order valence-electron chi connectivity index (χ0n) is 14.7. The summed E-state index contributed by atoms with van der Waals surface area (Å²) in [5, 5.41) is 13.1. The molecule has 25 heavy (non-hydrogen) atoms. The van der Waals surface area contributed by atoms with Crippen molar-refractivity contribution in [2.75, 3.05) is 5.32 Å². The van der Waals surface area contributed by atoms with Crippen LogP contribution in [0.3, 0.4) is 0 Å². The Kier molecular flexibility index (Phi) is 4.61. The van der Waals surface area contributed by atoms with Gasteiger partial charge in [-0.1, -0.05) is 27.7 Å². The number of carbonyl (C=O) groups is 1. The number of amides is 1. The lowest BCUT2D eigenvalue weighted by molar-refractivity contribution is -0.118. The van der Waals surface area contributed by atoms with Gasteiger partial charge >= 0.3 is 0 Å². The van der Waals surface area contributed by atoms with Crippen molar-refractivity contribution in [2.24, 2.45) is 11.8 Å². The number of aromatic nitrogens is 4. The first-order valence-electron chi connectivity index (χ1n) is 8.44. The molecule has 0 aliphatic carbocycles. The van der Waals surface area contributed by atoms with Crippen molar-refractivity contribution in [3.05, 3.63) is 16.7 Å². The van der Waals surface area contributed by atoms with Gasteiger partial charge in [-0.25, -0.2) is 4.98 Å². The van der Waals surface area contributed by atoms with Gasteiger partial charge in [-0.3, -0.25) is 24.5 Å². The molecule has 2 aromatic rings. The van der Waals surface area contributed by atoms with E-state index in [1.807, 2.05) is 13.8 Å². The smallest absolute Gasteiger partial charge is 0.280 e. The molecule has 0 aromatic carbocycles. The van der Waals surface area contributed by atoms with E-state index in [2.05, 4.69) is 20.3 Å². The fraction of sp³-hybridized carbons (Fsp3) is 0.625. The highest BCUT2D eigenvalue weighted by Gasteiger charge is 2.41. The Morgan fingerprint density at radius 3 is 2.84 bits per heavy atom. The number of hydrogen-bond donors (Lipinski definition) is 3. The van der Waals surface area contributed by atoms with Crippen molar-refractivity contribution in [3.63, 3.8) is 0 Å². The number of fused-ring (bicyclic) bond motifs is 1. The number of rotatable bonds is 4. The summed E-state index contributed by atoms with van der Waals surface area (Å²) in [5.74, 6) is -0.512. The maximum absolute atomic E-state index is 12.2. The summed E-state index contributed by atoms with van der Waals surface area (Å²) in [6.07, 6.45) is 0.703. The summed E-state index contributed by atoms with van der Waals surface area (Å²) < 4.78 is 7.47. The predicted molar refractivity (Wildman–Crippen MR) is 91.0 cm³/mol. The number of aromatic amines is 1. The second kappa shape index (κ2) is 6.57. The summed E-state index contributed by atoms with van der Waals surface area (Å²) in [6.45, 7) is 7.40. The van der Waals surface area contributed by atoms with E-state index >= 15 is 0 Å². The van der Waals surface area contributed by atoms with E-state index in [1.54, 1.807) is 18.4 Å². The molecule has 1 saturated heterocycles. The minimum Gasteiger partial charge on any atom is -0.388 e. The van der Waals surface area contributed by atoms with Gasteiger partial charge in [0, 0.05) is 11.8 Å². The normalized spacial score (nSPS) is 26.5. The van der Waals surface area contributed by atoms with E-state index in [-0.39, 0.29) is 41.0 Å². The van der Waals surface area contributed by atoms with Crippen molar-refractivity contribution in [1.29, 1.82) is 0 Å². The monoisotopic (exact) mass is 349 g/mol. The van der Waals surface area contributed by atoms with Gasteiger partial charge in [-0.05, 0) is 6.42 Å². The highest BCUT2D eigenvalue weighted by molar-refractivity contribution is 5.91. The molecule has 3 N–H and O–H groups in total. The number of hydrogen-bond acceptors (Lipinski definition) is 6. The second-order valence-corrected chi connectivity index (χ2v) is 6.71. The number of anilines is 1. The van der Waals surface area contributed by atoms with Gasteiger partial charge in [0.2, 0.25) is 11.9 Å². The number of ether oxygens (including phenoxy) is 1. The van der Waals surface area contributed by atoms with E-state index in [1.165, 1.54) is 6.33 Å². The fourth-order valence-electron chi connectivity index (χ4n) is 2.99. The Labute approximate surface area is 144 Å². The topological polar surface area (TPSA) is 122 Å². The summed E-state index contributed by atoms with van der Waals surface area (Å²) in [7, 11) is 0. The van der Waals surface area contributed by atoms with Crippen LogP contribution in [0.5, 0.6) is 0 Å². The van der Waals surface area contributed by atoms with Crippen molar-refractivity contribution >= 4 is 23.0 Å². The zero-order valence-corrected chi connectivity index (χ0v) is 14.7. The maximum atomic E-state index is 12.2. The van der Waals surface area contributed by atoms with Gasteiger partial charge in [0.15, 0.2) is 17.4 Å². The molecule has 2 aromatic heterocycles. The Morgan fingerprint density at radius 1 is 1.52 bits per heavy atom. The first-order chi connectivity index (χ1) is 11.8. The van der Waals surface area contributed by atoms with E-state index in [4.69, 9.17) is 4.74 Å². The molecule has 1 aliphatic heterocycles. The Hall–Kier alpha value is -2.26. The molecule has 0 spiro atoms. The molecule has 9 nitrogen and oxygen atoms in total. The van der Waals surface area contributed by atoms with Crippen LogP contribution >= 0.6 is 0 Å². The number of carbonyl (C=O) groups excluding carboxylic acids is 1. The highest BCUT2D eigenvalue weighted by atomic mass is 16.5. The minimum absolute atomic E-state index is 0.0467. The van der Waals surface area contributed by atoms with Gasteiger partial charge in [0.25, 0.3) is 5.56 Å². The van der Waals surface area contributed by atoms with E-state index < -0.39 is 17.9 Å². The van der Waals surface area contributed by atoms with Crippen LogP contribution in [0.25, 0.3) is 11.2 Å². The zero-order chi connectivity index (χ0) is 18.3. The molecule has 0 radical (unpaired) electrons. The Bertz CT molecular complexity index is 843. The molecular formula is C16H23N5O4. The van der Waals surface area contributed by atoms with Gasteiger partial charge in [0.05, 0.1) is 12.4 Å². The summed E-state index contributed by atoms with van der Waals surface area (Å²) >= 11 is 0. The molecule has 4 atom stereocenters. The molecular weight excluding hydrogens is 326 g/mol. The van der Waals surface area contributed by atoms with Crippen LogP contribution in [0.1, 0.15) is 40.3 Å². The largest absolute Gasteiger partial charge is 0.388 e. The predicted octanol–water partition coefficient (Wildman–Crippen LogP) is 1.02. The molecule has 9 heteroatoms. The van der Waals surface area contributed by atoms with Crippen molar-refractivity contribution < 1.29 is 14.6 Å². The maximum Gasteiger partial charge on any atom is 0.280 e. The lowest BCUT2D eigenvalue weighted by atomic mass is 9.99. The molecule has 136 valence electrons. The van der Waals surface area contributed by atoms with Crippen LogP contribution in [-0.2, 0) is 9.53 Å². The molecule has 0 bridgehead atoms. The van der Waals surface area contributed by atoms with Gasteiger partial charge in [-0.2, -0.15) is 4.98 Å². The third kappa shape index (κ3) is 3.05. The molecule has 1 unspecified atom stereocenters. The highest BCUT2D eigenvalue weighted by Crippen LogP contribution is 2.36. The molecule has 3 rings (SSSR count). The third-order valence-corrected chi connectivity index (χ3v) is 4.61. The lowest BCUT2D eigenvalue weighted by Crippen LogP contribution is -2.25. The van der Waals surface area contributed by atoms with Gasteiger partial charge < -0.3 is 9.84 Å². The summed E-state index contributed by atoms with van der Waals surface area (Å²) in [6, 6.07) is 0. The average molecular weight is 349 g/mol. The second-order valence-electron chi connectivity index (χ2n) is 6.71. The summed E-state index contributed by atoms with van der Waals surface area (Å²) in [4.78, 5) is 35.0. The van der Waals surface area contributed by atoms with Crippen molar-refractivity contribution in [2.45, 2.75) is 52.6 Å². The van der Waals surface area contributed by atoms with Crippen LogP contribution in [0.2, 0.25) is 0 Å². The number of nitrogens with zero attached hydrogens (tertiary/aromatic N) is 3. The molecule has 3 heterocycles. The van der Waals surface area contributed by atoms with Crippen LogP contribution in [-0.4, -0.2) is 42.7 Å². The Balaban J connectivity index is 2.01. The van der Waals surface area contributed by atoms with Crippen molar-refractivity contribution in [1.82, 2.24) is 19.5 Å². The Morgan fingerprint density at radius 2 is 2.24 bits per heavy atom. The number of H-pyrrole nitrogens is 1. The van der Waals surface area contributed by atoms with Gasteiger partial charge in [-0.15, -0.1) is 0 Å². The van der Waals surface area contributed by atoms with Crippen LogP contribution in [0, 0.1) is 11.8 Å². The van der Waals surface area contributed by atoms with Crippen LogP contribution in [0.4, 0.5) is 5.95 Å². The molecule has 1 amide bonds. The number of nitrogens with one attached hydrogen (secondary N) is 2. The fourth-order valence-corrected chi connectivity index (χ4v) is 2.99. The molecule has 0 saturated carbocycles. The SMILES string of the molecule is CC[C@H]1OC(n2cnc3c(=O)[nH]c(NC(=O)C(C)C)nc32)[C@@H](O)[C@H]1C. The van der Waals surface area contributed by atoms with E-state index in [0.717, 1.165) is 6.42 Å². The van der Waals surface area contributed by atoms with E-state index in [0.29, 0.717) is 0 Å². The summed E-state index contributed by atoms with van der Waals surface area (Å²) in [5.41, 5.74) is -0.0721. The lowest BCUT2D eigenvalue weighted by Gasteiger charge is -2.17. The standard InChI is InChI=1S/C16H23N5O4/c1-5-9-8(4)11(22)15(25-9)21-6-17-10-12(21)18-16(20-14(10)24)19-13(23)7(2)3/h6-9,11,15,22H,5H2,1-4H3,(H2,18,19,20,23,24)/t8-,9+,11-,15?/m0/s1. The molecule has 1 fully saturated rings. The first kappa shape index (κ1) is 17.6. The first-order valence-corrected chi connectivity index (χ1v) is 8.44. The quantitative estimate of drug-likeness (QED) is 0.757. The number of aliphatic hydroxyl groups excluding tert-OH is 1. The van der Waals surface area contributed by atoms with Gasteiger partial charge in [0.1, 0.15) is 6.10 Å². The minimum atomic E-state index is -0.739. The number of imidazole rings is 1. The van der Waals surface area contributed by atoms with Crippen LogP contribution in [0.15, 0.2) is 11.1 Å². The number of aliphatic hydroxyl groups is 1. The third-order valence-electron chi connectivity index (χ3n) is 4.61. The average Bonchev–Trinajstić information content (AvgIpc) is 3.10. The van der Waals surface area contributed by atoms with Crippen LogP contribution < -0.4 is 10.9 Å².